The number of ether oxygens (including phenoxy) is 1. The van der Waals surface area contributed by atoms with Gasteiger partial charge >= 0.3 is 6.02 Å². The van der Waals surface area contributed by atoms with Crippen LogP contribution < -0.4 is 5.32 Å². The number of hydrogen-bond donors (Lipinski definition) is 2. The number of aliphatic hydroxyl groups excluding tert-OH is 1. The van der Waals surface area contributed by atoms with Crippen LogP contribution in [0.25, 0.3) is 0 Å². The smallest absolute Gasteiger partial charge is 0.315 e. The molecule has 174 valence electrons. The van der Waals surface area contributed by atoms with E-state index in [9.17, 15) is 5.11 Å². The summed E-state index contributed by atoms with van der Waals surface area (Å²) in [5.74, 6) is 3.51. The molecule has 0 aromatic heterocycles. The first-order chi connectivity index (χ1) is 16.2. The summed E-state index contributed by atoms with van der Waals surface area (Å²) < 4.78 is 5.93. The molecule has 0 bridgehead atoms. The maximum atomic E-state index is 10.7. The number of allylic oxidation sites excluding steroid dienone is 7. The third-order valence-electron chi connectivity index (χ3n) is 8.36. The summed E-state index contributed by atoms with van der Waals surface area (Å²) in [4.78, 5) is 9.63. The van der Waals surface area contributed by atoms with Crippen molar-refractivity contribution in [2.45, 2.75) is 64.1 Å². The molecule has 6 rings (SSSR count). The Balaban J connectivity index is 1.35. The third-order valence-corrected chi connectivity index (χ3v) is 8.36. The average Bonchev–Trinajstić information content (AvgIpc) is 2.86. The Morgan fingerprint density at radius 3 is 2.91 bits per heavy atom. The zero-order chi connectivity index (χ0) is 22.4. The Morgan fingerprint density at radius 2 is 2.03 bits per heavy atom. The van der Waals surface area contributed by atoms with Gasteiger partial charge in [0.1, 0.15) is 12.0 Å². The van der Waals surface area contributed by atoms with Crippen molar-refractivity contribution in [2.75, 3.05) is 6.61 Å². The number of aliphatic imine (C=N–C) groups is 2. The first-order valence-corrected chi connectivity index (χ1v) is 12.9. The first kappa shape index (κ1) is 21.2. The van der Waals surface area contributed by atoms with Gasteiger partial charge in [0, 0.05) is 11.5 Å². The van der Waals surface area contributed by atoms with Crippen molar-refractivity contribution in [1.82, 2.24) is 5.32 Å². The third kappa shape index (κ3) is 3.74. The lowest BCUT2D eigenvalue weighted by molar-refractivity contribution is 0.117. The fraction of sp³-hybridized carbons (Fsp3) is 0.571. The van der Waals surface area contributed by atoms with Gasteiger partial charge in [-0.3, -0.25) is 0 Å². The summed E-state index contributed by atoms with van der Waals surface area (Å²) in [7, 11) is 0. The molecule has 2 N–H and O–H groups in total. The fourth-order valence-electron chi connectivity index (χ4n) is 6.79. The SMILES string of the molecule is CCCOC1=NC(C2CCC=CC2O)NC(C2=CCC3CCC4C=CCC5C=CC2=C3C54)=N1. The van der Waals surface area contributed by atoms with E-state index in [0.717, 1.165) is 37.9 Å². The maximum Gasteiger partial charge on any atom is 0.315 e. The maximum absolute atomic E-state index is 10.7. The Kier molecular flexibility index (Phi) is 5.61. The summed E-state index contributed by atoms with van der Waals surface area (Å²) in [5, 5.41) is 14.3. The van der Waals surface area contributed by atoms with Crippen LogP contribution in [0.1, 0.15) is 51.9 Å². The Labute approximate surface area is 196 Å². The topological polar surface area (TPSA) is 66.2 Å². The van der Waals surface area contributed by atoms with E-state index >= 15 is 0 Å². The molecule has 0 aromatic rings. The van der Waals surface area contributed by atoms with Crippen LogP contribution in [0.3, 0.4) is 0 Å². The van der Waals surface area contributed by atoms with Crippen LogP contribution in [-0.4, -0.2) is 35.8 Å². The molecule has 0 aromatic carbocycles. The lowest BCUT2D eigenvalue weighted by Gasteiger charge is -2.47. The number of nitrogens with one attached hydrogen (secondary N) is 1. The highest BCUT2D eigenvalue weighted by Crippen LogP contribution is 2.53. The molecule has 0 amide bonds. The van der Waals surface area contributed by atoms with E-state index in [1.54, 1.807) is 5.57 Å². The van der Waals surface area contributed by atoms with E-state index in [1.165, 1.54) is 24.0 Å². The van der Waals surface area contributed by atoms with E-state index in [1.807, 2.05) is 6.08 Å². The monoisotopic (exact) mass is 445 g/mol. The van der Waals surface area contributed by atoms with Gasteiger partial charge in [0.2, 0.25) is 0 Å². The van der Waals surface area contributed by atoms with Crippen LogP contribution in [0.5, 0.6) is 0 Å². The second-order valence-electron chi connectivity index (χ2n) is 10.3. The molecule has 5 heteroatoms. The number of nitrogens with zero attached hydrogens (tertiary/aromatic N) is 2. The summed E-state index contributed by atoms with van der Waals surface area (Å²) in [6.45, 7) is 2.69. The van der Waals surface area contributed by atoms with Gasteiger partial charge in [0.05, 0.1) is 12.7 Å². The molecule has 5 aliphatic carbocycles. The molecule has 1 heterocycles. The van der Waals surface area contributed by atoms with Gasteiger partial charge in [-0.2, -0.15) is 4.99 Å². The van der Waals surface area contributed by atoms with E-state index in [4.69, 9.17) is 14.7 Å². The molecule has 6 aliphatic rings. The minimum Gasteiger partial charge on any atom is -0.464 e. The Bertz CT molecular complexity index is 1010. The number of hydrogen-bond acceptors (Lipinski definition) is 5. The Hall–Kier alpha value is -2.40. The minimum atomic E-state index is -0.498. The van der Waals surface area contributed by atoms with Crippen molar-refractivity contribution in [3.8, 4) is 0 Å². The molecule has 0 saturated heterocycles. The van der Waals surface area contributed by atoms with E-state index in [2.05, 4.69) is 48.7 Å². The lowest BCUT2D eigenvalue weighted by Crippen LogP contribution is -2.48. The zero-order valence-corrected chi connectivity index (χ0v) is 19.5. The first-order valence-electron chi connectivity index (χ1n) is 12.9. The zero-order valence-electron chi connectivity index (χ0n) is 19.5. The number of rotatable bonds is 4. The normalized spacial score (nSPS) is 38.7. The number of aliphatic hydroxyl groups is 1. The van der Waals surface area contributed by atoms with Crippen LogP contribution >= 0.6 is 0 Å². The molecule has 33 heavy (non-hydrogen) atoms. The lowest BCUT2D eigenvalue weighted by atomic mass is 9.57. The summed E-state index contributed by atoms with van der Waals surface area (Å²) in [6, 6.07) is 0.450. The predicted octanol–water partition coefficient (Wildman–Crippen LogP) is 4.84. The van der Waals surface area contributed by atoms with E-state index in [0.29, 0.717) is 36.3 Å². The molecule has 5 nitrogen and oxygen atoms in total. The molecule has 1 saturated carbocycles. The molecular formula is C28H35N3O2. The van der Waals surface area contributed by atoms with Crippen LogP contribution in [0, 0.1) is 29.6 Å². The summed E-state index contributed by atoms with van der Waals surface area (Å²) in [6.07, 6.45) is 22.9. The average molecular weight is 446 g/mol. The van der Waals surface area contributed by atoms with Crippen LogP contribution in [0.15, 0.2) is 69.2 Å². The van der Waals surface area contributed by atoms with Crippen molar-refractivity contribution in [3.63, 3.8) is 0 Å². The molecule has 0 spiro atoms. The fourth-order valence-corrected chi connectivity index (χ4v) is 6.79. The van der Waals surface area contributed by atoms with Crippen LogP contribution in [0.2, 0.25) is 0 Å². The van der Waals surface area contributed by atoms with Crippen molar-refractivity contribution >= 4 is 11.9 Å². The molecule has 0 radical (unpaired) electrons. The predicted molar refractivity (Wildman–Crippen MR) is 132 cm³/mol. The van der Waals surface area contributed by atoms with Gasteiger partial charge in [0.25, 0.3) is 0 Å². The Morgan fingerprint density at radius 1 is 1.09 bits per heavy atom. The highest BCUT2D eigenvalue weighted by atomic mass is 16.5. The number of amidine groups is 2. The van der Waals surface area contributed by atoms with Crippen molar-refractivity contribution < 1.29 is 9.84 Å². The molecular weight excluding hydrogens is 410 g/mol. The van der Waals surface area contributed by atoms with E-state index < -0.39 is 6.10 Å². The highest BCUT2D eigenvalue weighted by Gasteiger charge is 2.44. The van der Waals surface area contributed by atoms with Gasteiger partial charge in [-0.1, -0.05) is 55.0 Å². The summed E-state index contributed by atoms with van der Waals surface area (Å²) in [5.41, 5.74) is 4.24. The van der Waals surface area contributed by atoms with Crippen molar-refractivity contribution in [3.05, 3.63) is 59.3 Å². The molecule has 1 aliphatic heterocycles. The van der Waals surface area contributed by atoms with Crippen molar-refractivity contribution in [1.29, 1.82) is 0 Å². The van der Waals surface area contributed by atoms with Gasteiger partial charge < -0.3 is 15.2 Å². The quantitative estimate of drug-likeness (QED) is 0.609. The molecule has 7 unspecified atom stereocenters. The van der Waals surface area contributed by atoms with Crippen LogP contribution in [-0.2, 0) is 4.74 Å². The minimum absolute atomic E-state index is 0.0177. The second kappa shape index (κ2) is 8.75. The molecule has 1 fully saturated rings. The standard InChI is InChI=1S/C28H35N3O2/c1-2-16-33-28-30-26(29-27(31-28)22-8-3-4-9-23(22)32)21-15-13-19-11-10-17-6-5-7-18-12-14-20(21)25(19)24(17)18/h4-6,9,12,14-15,17-19,22-24,27,32H,2-3,7-8,10-11,13,16H2,1H3,(H,29,30,31). The van der Waals surface area contributed by atoms with E-state index in [-0.39, 0.29) is 12.1 Å². The summed E-state index contributed by atoms with van der Waals surface area (Å²) >= 11 is 0. The van der Waals surface area contributed by atoms with Gasteiger partial charge in [0.15, 0.2) is 0 Å². The second-order valence-corrected chi connectivity index (χ2v) is 10.3. The van der Waals surface area contributed by atoms with Crippen LogP contribution in [0.4, 0.5) is 0 Å². The molecule has 7 atom stereocenters. The van der Waals surface area contributed by atoms with Gasteiger partial charge in [-0.05, 0) is 74.2 Å². The highest BCUT2D eigenvalue weighted by molar-refractivity contribution is 6.09. The largest absolute Gasteiger partial charge is 0.464 e. The van der Waals surface area contributed by atoms with Crippen molar-refractivity contribution in [2.24, 2.45) is 39.6 Å². The van der Waals surface area contributed by atoms with Gasteiger partial charge in [-0.25, -0.2) is 4.99 Å². The van der Waals surface area contributed by atoms with Gasteiger partial charge in [-0.15, -0.1) is 0 Å².